The lowest BCUT2D eigenvalue weighted by Crippen LogP contribution is -2.50. The van der Waals surface area contributed by atoms with Gasteiger partial charge in [0.15, 0.2) is 5.11 Å². The van der Waals surface area contributed by atoms with E-state index in [-0.39, 0.29) is 5.11 Å². The number of halogens is 3. The molecule has 0 aliphatic carbocycles. The van der Waals surface area contributed by atoms with Gasteiger partial charge in [-0.25, -0.2) is 0 Å². The quantitative estimate of drug-likeness (QED) is 0.456. The summed E-state index contributed by atoms with van der Waals surface area (Å²) < 4.78 is -1.57. The van der Waals surface area contributed by atoms with Crippen LogP contribution in [0, 0.1) is 0 Å². The molecule has 0 spiro atoms. The third kappa shape index (κ3) is 4.61. The molecule has 4 N–H and O–H groups in total. The monoisotopic (exact) mass is 297 g/mol. The molecule has 3 nitrogen and oxygen atoms in total. The van der Waals surface area contributed by atoms with Gasteiger partial charge in [-0.1, -0.05) is 53.0 Å². The zero-order valence-electron chi connectivity index (χ0n) is 8.08. The number of rotatable bonds is 3. The number of hydrogen-bond donors (Lipinski definition) is 3. The molecular formula is C9H10Cl3N3S. The van der Waals surface area contributed by atoms with Crippen LogP contribution >= 0.6 is 47.0 Å². The Balaban J connectivity index is 2.75. The van der Waals surface area contributed by atoms with Gasteiger partial charge in [0, 0.05) is 5.69 Å². The van der Waals surface area contributed by atoms with Crippen LogP contribution in [0.5, 0.6) is 0 Å². The van der Waals surface area contributed by atoms with Gasteiger partial charge in [0.2, 0.25) is 3.79 Å². The summed E-state index contributed by atoms with van der Waals surface area (Å²) in [7, 11) is 0. The zero-order valence-corrected chi connectivity index (χ0v) is 11.2. The van der Waals surface area contributed by atoms with Gasteiger partial charge in [0.05, 0.1) is 0 Å². The highest BCUT2D eigenvalue weighted by Gasteiger charge is 2.32. The van der Waals surface area contributed by atoms with E-state index < -0.39 is 9.96 Å². The standard InChI is InChI=1S/C9H10Cl3N3S/c10-9(11,12)7(15-8(13)16)14-6-4-2-1-3-5-6/h1-5,7,14H,(H3,13,15,16). The Morgan fingerprint density at radius 1 is 1.25 bits per heavy atom. The molecule has 1 unspecified atom stereocenters. The van der Waals surface area contributed by atoms with Crippen molar-refractivity contribution in [3.8, 4) is 0 Å². The Morgan fingerprint density at radius 3 is 2.25 bits per heavy atom. The van der Waals surface area contributed by atoms with Gasteiger partial charge in [0.25, 0.3) is 0 Å². The zero-order chi connectivity index (χ0) is 12.2. The summed E-state index contributed by atoms with van der Waals surface area (Å²) in [5.74, 6) is 0. The Morgan fingerprint density at radius 2 is 1.81 bits per heavy atom. The highest BCUT2D eigenvalue weighted by molar-refractivity contribution is 7.80. The topological polar surface area (TPSA) is 50.1 Å². The highest BCUT2D eigenvalue weighted by atomic mass is 35.6. The van der Waals surface area contributed by atoms with Crippen LogP contribution in [-0.2, 0) is 0 Å². The van der Waals surface area contributed by atoms with Crippen LogP contribution in [0.1, 0.15) is 0 Å². The van der Waals surface area contributed by atoms with E-state index in [0.29, 0.717) is 0 Å². The summed E-state index contributed by atoms with van der Waals surface area (Å²) in [4.78, 5) is 0. The molecule has 0 aliphatic heterocycles. The maximum Gasteiger partial charge on any atom is 0.228 e. The fourth-order valence-electron chi connectivity index (χ4n) is 1.04. The molecule has 0 aliphatic rings. The summed E-state index contributed by atoms with van der Waals surface area (Å²) in [5.41, 5.74) is 6.14. The predicted molar refractivity (Wildman–Crippen MR) is 74.1 cm³/mol. The molecule has 0 amide bonds. The van der Waals surface area contributed by atoms with Crippen molar-refractivity contribution in [1.82, 2.24) is 5.32 Å². The Kier molecular flexibility index (Phi) is 4.92. The molecule has 0 aromatic heterocycles. The molecule has 16 heavy (non-hydrogen) atoms. The summed E-state index contributed by atoms with van der Waals surface area (Å²) >= 11 is 22.1. The van der Waals surface area contributed by atoms with Crippen LogP contribution in [0.25, 0.3) is 0 Å². The smallest absolute Gasteiger partial charge is 0.228 e. The maximum absolute atomic E-state index is 5.78. The van der Waals surface area contributed by atoms with Crippen molar-refractivity contribution in [2.45, 2.75) is 9.96 Å². The number of benzene rings is 1. The molecule has 0 saturated heterocycles. The van der Waals surface area contributed by atoms with E-state index >= 15 is 0 Å². The second-order valence-corrected chi connectivity index (χ2v) is 5.80. The number of nitrogens with one attached hydrogen (secondary N) is 2. The lowest BCUT2D eigenvalue weighted by atomic mass is 10.3. The van der Waals surface area contributed by atoms with Gasteiger partial charge in [-0.3, -0.25) is 0 Å². The summed E-state index contributed by atoms with van der Waals surface area (Å²) in [6, 6.07) is 9.28. The van der Waals surface area contributed by atoms with Crippen LogP contribution in [0.2, 0.25) is 0 Å². The second-order valence-electron chi connectivity index (χ2n) is 2.99. The third-order valence-corrected chi connectivity index (χ3v) is 2.47. The van der Waals surface area contributed by atoms with Crippen LogP contribution in [0.4, 0.5) is 5.69 Å². The lowest BCUT2D eigenvalue weighted by molar-refractivity contribution is 0.697. The van der Waals surface area contributed by atoms with Gasteiger partial charge in [-0.2, -0.15) is 0 Å². The van der Waals surface area contributed by atoms with Gasteiger partial charge >= 0.3 is 0 Å². The molecule has 1 atom stereocenters. The molecule has 0 saturated carbocycles. The van der Waals surface area contributed by atoms with Crippen molar-refractivity contribution >= 4 is 57.8 Å². The first-order valence-electron chi connectivity index (χ1n) is 4.34. The van der Waals surface area contributed by atoms with Gasteiger partial charge in [-0.15, -0.1) is 0 Å². The first kappa shape index (κ1) is 13.6. The van der Waals surface area contributed by atoms with E-state index in [1.165, 1.54) is 0 Å². The number of nitrogens with two attached hydrogens (primary N) is 1. The fourth-order valence-corrected chi connectivity index (χ4v) is 1.49. The number of thiocarbonyl (C=S) groups is 1. The lowest BCUT2D eigenvalue weighted by Gasteiger charge is -2.27. The fraction of sp³-hybridized carbons (Fsp3) is 0.222. The SMILES string of the molecule is NC(=S)NC(Nc1ccccc1)C(Cl)(Cl)Cl. The minimum atomic E-state index is -1.57. The predicted octanol–water partition coefficient (Wildman–Crippen LogP) is 2.63. The second kappa shape index (κ2) is 5.77. The van der Waals surface area contributed by atoms with Crippen molar-refractivity contribution in [3.05, 3.63) is 30.3 Å². The molecule has 0 radical (unpaired) electrons. The van der Waals surface area contributed by atoms with Crippen molar-refractivity contribution < 1.29 is 0 Å². The van der Waals surface area contributed by atoms with Crippen LogP contribution in [-0.4, -0.2) is 15.1 Å². The van der Waals surface area contributed by atoms with Crippen LogP contribution in [0.15, 0.2) is 30.3 Å². The molecule has 88 valence electrons. The Bertz CT molecular complexity index is 353. The normalized spacial score (nSPS) is 12.9. The molecule has 0 heterocycles. The van der Waals surface area contributed by atoms with Crippen molar-refractivity contribution in [3.63, 3.8) is 0 Å². The van der Waals surface area contributed by atoms with Gasteiger partial charge < -0.3 is 16.4 Å². The van der Waals surface area contributed by atoms with E-state index in [4.69, 9.17) is 52.8 Å². The third-order valence-electron chi connectivity index (χ3n) is 1.70. The van der Waals surface area contributed by atoms with Crippen molar-refractivity contribution in [1.29, 1.82) is 0 Å². The molecule has 7 heteroatoms. The molecular weight excluding hydrogens is 289 g/mol. The largest absolute Gasteiger partial charge is 0.376 e. The molecule has 0 fully saturated rings. The molecule has 0 bridgehead atoms. The van der Waals surface area contributed by atoms with Crippen LogP contribution in [0.3, 0.4) is 0 Å². The highest BCUT2D eigenvalue weighted by Crippen LogP contribution is 2.30. The first-order chi connectivity index (χ1) is 7.39. The number of hydrogen-bond acceptors (Lipinski definition) is 2. The number of alkyl halides is 3. The average molecular weight is 299 g/mol. The number of anilines is 1. The molecule has 1 aromatic rings. The van der Waals surface area contributed by atoms with E-state index in [1.807, 2.05) is 30.3 Å². The van der Waals surface area contributed by atoms with Gasteiger partial charge in [0.1, 0.15) is 6.17 Å². The molecule has 1 rings (SSSR count). The van der Waals surface area contributed by atoms with Crippen molar-refractivity contribution in [2.75, 3.05) is 5.32 Å². The average Bonchev–Trinajstić information content (AvgIpc) is 2.16. The minimum absolute atomic E-state index is 0.0553. The van der Waals surface area contributed by atoms with Crippen LogP contribution < -0.4 is 16.4 Å². The van der Waals surface area contributed by atoms with E-state index in [1.54, 1.807) is 0 Å². The Labute approximate surface area is 114 Å². The minimum Gasteiger partial charge on any atom is -0.376 e. The van der Waals surface area contributed by atoms with Crippen molar-refractivity contribution in [2.24, 2.45) is 5.73 Å². The van der Waals surface area contributed by atoms with Gasteiger partial charge in [-0.05, 0) is 24.4 Å². The molecule has 1 aromatic carbocycles. The van der Waals surface area contributed by atoms with E-state index in [0.717, 1.165) is 5.69 Å². The summed E-state index contributed by atoms with van der Waals surface area (Å²) in [5, 5.41) is 5.70. The van der Waals surface area contributed by atoms with E-state index in [2.05, 4.69) is 10.6 Å². The summed E-state index contributed by atoms with van der Waals surface area (Å²) in [6.45, 7) is 0. The van der Waals surface area contributed by atoms with E-state index in [9.17, 15) is 0 Å². The number of para-hydroxylation sites is 1. The first-order valence-corrected chi connectivity index (χ1v) is 5.88. The maximum atomic E-state index is 5.78. The summed E-state index contributed by atoms with van der Waals surface area (Å²) in [6.07, 6.45) is -0.697. The Hall–Kier alpha value is -0.420.